The largest absolute Gasteiger partial charge is 0.416 e. The molecule has 2 N–H and O–H groups in total. The quantitative estimate of drug-likeness (QED) is 0.619. The third-order valence-electron chi connectivity index (χ3n) is 2.70. The molecule has 0 saturated heterocycles. The maximum atomic E-state index is 12.4. The monoisotopic (exact) mass is 310 g/mol. The SMILES string of the molecule is N=C(Nc1ccc(C(F)(F)F)cc1)SCc1ccccc1. The van der Waals surface area contributed by atoms with Crippen LogP contribution >= 0.6 is 11.8 Å². The van der Waals surface area contributed by atoms with Gasteiger partial charge < -0.3 is 5.32 Å². The van der Waals surface area contributed by atoms with Gasteiger partial charge in [-0.2, -0.15) is 13.2 Å². The van der Waals surface area contributed by atoms with Gasteiger partial charge in [-0.25, -0.2) is 0 Å². The molecule has 2 aromatic carbocycles. The highest BCUT2D eigenvalue weighted by Crippen LogP contribution is 2.30. The predicted molar refractivity (Wildman–Crippen MR) is 80.5 cm³/mol. The van der Waals surface area contributed by atoms with Crippen LogP contribution in [0.25, 0.3) is 0 Å². The summed E-state index contributed by atoms with van der Waals surface area (Å²) in [6.45, 7) is 0. The van der Waals surface area contributed by atoms with Crippen molar-refractivity contribution < 1.29 is 13.2 Å². The summed E-state index contributed by atoms with van der Waals surface area (Å²) < 4.78 is 37.3. The minimum atomic E-state index is -4.34. The molecule has 0 aromatic heterocycles. The fourth-order valence-corrected chi connectivity index (χ4v) is 2.33. The lowest BCUT2D eigenvalue weighted by Crippen LogP contribution is -2.08. The van der Waals surface area contributed by atoms with Gasteiger partial charge in [-0.3, -0.25) is 5.41 Å². The van der Waals surface area contributed by atoms with Crippen molar-refractivity contribution in [3.05, 3.63) is 65.7 Å². The van der Waals surface area contributed by atoms with Crippen molar-refractivity contribution in [1.29, 1.82) is 5.41 Å². The highest BCUT2D eigenvalue weighted by molar-refractivity contribution is 8.13. The molecule has 0 spiro atoms. The number of thioether (sulfide) groups is 1. The molecule has 2 aromatic rings. The Morgan fingerprint density at radius 3 is 2.19 bits per heavy atom. The van der Waals surface area contributed by atoms with E-state index in [1.54, 1.807) is 0 Å². The lowest BCUT2D eigenvalue weighted by molar-refractivity contribution is -0.137. The molecule has 0 radical (unpaired) electrons. The molecule has 21 heavy (non-hydrogen) atoms. The summed E-state index contributed by atoms with van der Waals surface area (Å²) in [5.74, 6) is 0.632. The van der Waals surface area contributed by atoms with Crippen molar-refractivity contribution in [3.63, 3.8) is 0 Å². The number of halogens is 3. The molecule has 0 aliphatic rings. The van der Waals surface area contributed by atoms with E-state index in [2.05, 4.69) is 5.32 Å². The van der Waals surface area contributed by atoms with Crippen molar-refractivity contribution in [2.45, 2.75) is 11.9 Å². The van der Waals surface area contributed by atoms with Crippen LogP contribution in [0.4, 0.5) is 18.9 Å². The second-order valence-corrected chi connectivity index (χ2v) is 5.29. The lowest BCUT2D eigenvalue weighted by Gasteiger charge is -2.10. The number of anilines is 1. The van der Waals surface area contributed by atoms with Crippen molar-refractivity contribution in [2.24, 2.45) is 0 Å². The minimum absolute atomic E-state index is 0.193. The van der Waals surface area contributed by atoms with Crippen molar-refractivity contribution in [2.75, 3.05) is 5.32 Å². The van der Waals surface area contributed by atoms with Gasteiger partial charge in [0.2, 0.25) is 0 Å². The summed E-state index contributed by atoms with van der Waals surface area (Å²) in [7, 11) is 0. The van der Waals surface area contributed by atoms with Gasteiger partial charge in [0, 0.05) is 11.4 Å². The molecule has 0 fully saturated rings. The zero-order valence-electron chi connectivity index (χ0n) is 10.9. The Labute approximate surface area is 124 Å². The third-order valence-corrected chi connectivity index (χ3v) is 3.56. The highest BCUT2D eigenvalue weighted by atomic mass is 32.2. The number of hydrogen-bond donors (Lipinski definition) is 2. The Balaban J connectivity index is 1.88. The summed E-state index contributed by atoms with van der Waals surface area (Å²) in [5, 5.41) is 10.7. The molecule has 0 bridgehead atoms. The van der Waals surface area contributed by atoms with Gasteiger partial charge in [-0.1, -0.05) is 42.1 Å². The second kappa shape index (κ2) is 6.67. The minimum Gasteiger partial charge on any atom is -0.335 e. The standard InChI is InChI=1S/C15H13F3N2S/c16-15(17,18)12-6-8-13(9-7-12)20-14(19)21-10-11-4-2-1-3-5-11/h1-9H,10H2,(H2,19,20). The topological polar surface area (TPSA) is 35.9 Å². The molecule has 0 atom stereocenters. The Hall–Kier alpha value is -1.95. The smallest absolute Gasteiger partial charge is 0.335 e. The van der Waals surface area contributed by atoms with Gasteiger partial charge in [0.05, 0.1) is 5.56 Å². The lowest BCUT2D eigenvalue weighted by atomic mass is 10.2. The van der Waals surface area contributed by atoms with Crippen molar-refractivity contribution in [3.8, 4) is 0 Å². The van der Waals surface area contributed by atoms with Crippen LogP contribution in [0.5, 0.6) is 0 Å². The molecule has 0 heterocycles. The second-order valence-electron chi connectivity index (χ2n) is 4.30. The fourth-order valence-electron chi connectivity index (χ4n) is 1.64. The predicted octanol–water partition coefficient (Wildman–Crippen LogP) is 4.99. The molecule has 6 heteroatoms. The third kappa shape index (κ3) is 4.82. The molecule has 0 unspecified atom stereocenters. The van der Waals surface area contributed by atoms with E-state index in [9.17, 15) is 13.2 Å². The molecule has 2 nitrogen and oxygen atoms in total. The van der Waals surface area contributed by atoms with Crippen LogP contribution in [0.15, 0.2) is 54.6 Å². The Morgan fingerprint density at radius 2 is 1.62 bits per heavy atom. The van der Waals surface area contributed by atoms with E-state index in [-0.39, 0.29) is 5.17 Å². The van der Waals surface area contributed by atoms with E-state index >= 15 is 0 Å². The Kier molecular flexibility index (Phi) is 4.90. The van der Waals surface area contributed by atoms with E-state index in [4.69, 9.17) is 5.41 Å². The molecule has 0 aliphatic carbocycles. The van der Waals surface area contributed by atoms with Gasteiger partial charge in [-0.15, -0.1) is 0 Å². The number of alkyl halides is 3. The summed E-state index contributed by atoms with van der Waals surface area (Å²) in [6.07, 6.45) is -4.34. The Morgan fingerprint density at radius 1 is 1.00 bits per heavy atom. The van der Waals surface area contributed by atoms with E-state index in [1.807, 2.05) is 30.3 Å². The zero-order chi connectivity index (χ0) is 15.3. The zero-order valence-corrected chi connectivity index (χ0v) is 11.8. The maximum Gasteiger partial charge on any atom is 0.416 e. The average Bonchev–Trinajstić information content (AvgIpc) is 2.46. The fraction of sp³-hybridized carbons (Fsp3) is 0.133. The van der Waals surface area contributed by atoms with Crippen molar-refractivity contribution in [1.82, 2.24) is 0 Å². The summed E-state index contributed by atoms with van der Waals surface area (Å²) in [6, 6.07) is 14.3. The van der Waals surface area contributed by atoms with Crippen molar-refractivity contribution >= 4 is 22.6 Å². The van der Waals surface area contributed by atoms with Crippen LogP contribution < -0.4 is 5.32 Å². The molecule has 0 aliphatic heterocycles. The van der Waals surface area contributed by atoms with Gasteiger partial charge in [-0.05, 0) is 29.8 Å². The normalized spacial score (nSPS) is 11.2. The molecule has 110 valence electrons. The summed E-state index contributed by atoms with van der Waals surface area (Å²) >= 11 is 1.28. The van der Waals surface area contributed by atoms with E-state index in [0.29, 0.717) is 11.4 Å². The molecule has 2 rings (SSSR count). The molecule has 0 amide bonds. The molecule has 0 saturated carbocycles. The number of hydrogen-bond acceptors (Lipinski definition) is 2. The van der Waals surface area contributed by atoms with Crippen LogP contribution in [0, 0.1) is 5.41 Å². The number of amidine groups is 1. The van der Waals surface area contributed by atoms with Gasteiger partial charge in [0.25, 0.3) is 0 Å². The number of rotatable bonds is 3. The van der Waals surface area contributed by atoms with Gasteiger partial charge >= 0.3 is 6.18 Å². The van der Waals surface area contributed by atoms with Gasteiger partial charge in [0.1, 0.15) is 0 Å². The Bertz CT molecular complexity index is 595. The van der Waals surface area contributed by atoms with Gasteiger partial charge in [0.15, 0.2) is 5.17 Å². The number of nitrogens with one attached hydrogen (secondary N) is 2. The first kappa shape index (κ1) is 15.4. The van der Waals surface area contributed by atoms with Crippen LogP contribution in [0.1, 0.15) is 11.1 Å². The van der Waals surface area contributed by atoms with Crippen LogP contribution in [-0.4, -0.2) is 5.17 Å². The van der Waals surface area contributed by atoms with E-state index in [1.165, 1.54) is 23.9 Å². The number of benzene rings is 2. The summed E-state index contributed by atoms with van der Waals surface area (Å²) in [5.41, 5.74) is 0.853. The molecular formula is C15H13F3N2S. The van der Waals surface area contributed by atoms with E-state index in [0.717, 1.165) is 17.7 Å². The van der Waals surface area contributed by atoms with Crippen LogP contribution in [0.2, 0.25) is 0 Å². The van der Waals surface area contributed by atoms with Crippen LogP contribution in [-0.2, 0) is 11.9 Å². The first-order valence-electron chi connectivity index (χ1n) is 6.15. The first-order valence-corrected chi connectivity index (χ1v) is 7.13. The maximum absolute atomic E-state index is 12.4. The van der Waals surface area contributed by atoms with E-state index < -0.39 is 11.7 Å². The summed E-state index contributed by atoms with van der Waals surface area (Å²) in [4.78, 5) is 0. The molecular weight excluding hydrogens is 297 g/mol. The first-order chi connectivity index (χ1) is 9.95. The highest BCUT2D eigenvalue weighted by Gasteiger charge is 2.29. The average molecular weight is 310 g/mol. The van der Waals surface area contributed by atoms with Crippen LogP contribution in [0.3, 0.4) is 0 Å².